The zero-order valence-corrected chi connectivity index (χ0v) is 25.1. The van der Waals surface area contributed by atoms with E-state index in [1.807, 2.05) is 81.6 Å². The number of nitrogens with one attached hydrogen (secondary N) is 2. The number of hydrogen-bond acceptors (Lipinski definition) is 8. The Morgan fingerprint density at radius 1 is 0.976 bits per heavy atom. The molecule has 0 unspecified atom stereocenters. The van der Waals surface area contributed by atoms with E-state index in [1.165, 1.54) is 6.92 Å². The lowest BCUT2D eigenvalue weighted by Crippen LogP contribution is -2.36. The number of benzene rings is 1. The van der Waals surface area contributed by atoms with Gasteiger partial charge in [0.2, 0.25) is 0 Å². The van der Waals surface area contributed by atoms with Crippen LogP contribution in [-0.2, 0) is 15.8 Å². The number of urea groups is 1. The molecule has 0 fully saturated rings. The maximum Gasteiger partial charge on any atom is 0.320 e. The second-order valence-electron chi connectivity index (χ2n) is 12.1. The molecule has 11 heteroatoms. The minimum absolute atomic E-state index is 0.0725. The van der Waals surface area contributed by atoms with E-state index >= 15 is 0 Å². The zero-order chi connectivity index (χ0) is 30.2. The Kier molecular flexibility index (Phi) is 7.72. The van der Waals surface area contributed by atoms with Crippen molar-refractivity contribution < 1.29 is 19.1 Å². The molecule has 42 heavy (non-hydrogen) atoms. The van der Waals surface area contributed by atoms with Crippen LogP contribution in [0.2, 0.25) is 0 Å². The topological polar surface area (TPSA) is 133 Å². The third kappa shape index (κ3) is 5.96. The molecule has 1 aliphatic carbocycles. The van der Waals surface area contributed by atoms with Crippen LogP contribution in [-0.4, -0.2) is 43.5 Å². The summed E-state index contributed by atoms with van der Waals surface area (Å²) in [6.07, 6.45) is 3.04. The molecule has 0 spiro atoms. The molecule has 3 heterocycles. The average Bonchev–Trinajstić information content (AvgIpc) is 3.38. The number of methoxy groups -OCH3 is 1. The van der Waals surface area contributed by atoms with Gasteiger partial charge >= 0.3 is 6.03 Å². The predicted octanol–water partition coefficient (Wildman–Crippen LogP) is 5.68. The highest BCUT2D eigenvalue weighted by Gasteiger charge is 2.31. The molecule has 4 aromatic rings. The van der Waals surface area contributed by atoms with Crippen molar-refractivity contribution in [3.63, 3.8) is 0 Å². The van der Waals surface area contributed by atoms with Crippen molar-refractivity contribution in [2.24, 2.45) is 0 Å². The van der Waals surface area contributed by atoms with E-state index in [0.29, 0.717) is 35.8 Å². The molecular formula is C31H37N7O4. The molecule has 5 rings (SSSR count). The van der Waals surface area contributed by atoms with Crippen LogP contribution < -0.4 is 15.4 Å². The summed E-state index contributed by atoms with van der Waals surface area (Å²) >= 11 is 0. The van der Waals surface area contributed by atoms with Crippen molar-refractivity contribution in [2.75, 3.05) is 12.4 Å². The maximum absolute atomic E-state index is 13.1. The standard InChI is InChI=1S/C31H37N7O4/c1-18(39)27-33-24(30(2,3)4)16-25(34-27)35-29(40)32-22-13-14-23(21-11-9-8-10-20(21)22)42-19-12-15-26-36-37-28(38(26)17-19)31(5,6)41-7/h8-12,15-17,22-23H,13-14H2,1-7H3,(H2,32,33,34,35,40)/t22-,23+/m0/s1. The van der Waals surface area contributed by atoms with Gasteiger partial charge in [0.05, 0.1) is 17.9 Å². The van der Waals surface area contributed by atoms with E-state index in [1.54, 1.807) is 13.2 Å². The Morgan fingerprint density at radius 3 is 2.40 bits per heavy atom. The first-order chi connectivity index (χ1) is 19.9. The van der Waals surface area contributed by atoms with Crippen molar-refractivity contribution in [3.8, 4) is 5.75 Å². The third-order valence-electron chi connectivity index (χ3n) is 7.49. The van der Waals surface area contributed by atoms with Crippen LogP contribution >= 0.6 is 0 Å². The number of amides is 2. The van der Waals surface area contributed by atoms with E-state index in [4.69, 9.17) is 9.47 Å². The number of ether oxygens (including phenoxy) is 2. The molecule has 11 nitrogen and oxygen atoms in total. The lowest BCUT2D eigenvalue weighted by molar-refractivity contribution is 0.0106. The van der Waals surface area contributed by atoms with E-state index < -0.39 is 11.6 Å². The lowest BCUT2D eigenvalue weighted by atomic mass is 9.85. The fourth-order valence-corrected chi connectivity index (χ4v) is 4.99. The number of rotatable bonds is 7. The van der Waals surface area contributed by atoms with Gasteiger partial charge in [-0.25, -0.2) is 14.8 Å². The van der Waals surface area contributed by atoms with Crippen molar-refractivity contribution in [1.82, 2.24) is 29.9 Å². The summed E-state index contributed by atoms with van der Waals surface area (Å²) in [5.41, 5.74) is 2.42. The molecule has 3 aromatic heterocycles. The number of ketones is 1. The summed E-state index contributed by atoms with van der Waals surface area (Å²) in [7, 11) is 1.64. The zero-order valence-electron chi connectivity index (χ0n) is 25.1. The minimum Gasteiger partial charge on any atom is -0.484 e. The number of nitrogens with zero attached hydrogens (tertiary/aromatic N) is 5. The monoisotopic (exact) mass is 571 g/mol. The van der Waals surface area contributed by atoms with Gasteiger partial charge in [0.15, 0.2) is 23.1 Å². The fourth-order valence-electron chi connectivity index (χ4n) is 4.99. The second-order valence-corrected chi connectivity index (χ2v) is 12.1. The number of carbonyl (C=O) groups excluding carboxylic acids is 2. The minimum atomic E-state index is -0.622. The van der Waals surface area contributed by atoms with E-state index in [0.717, 1.165) is 11.1 Å². The first-order valence-electron chi connectivity index (χ1n) is 14.0. The molecule has 2 atom stereocenters. The Hall–Kier alpha value is -4.38. The fraction of sp³-hybridized carbons (Fsp3) is 0.419. The molecule has 0 radical (unpaired) electrons. The number of pyridine rings is 1. The molecule has 220 valence electrons. The summed E-state index contributed by atoms with van der Waals surface area (Å²) in [5, 5.41) is 14.5. The van der Waals surface area contributed by atoms with E-state index in [-0.39, 0.29) is 35.0 Å². The highest BCUT2D eigenvalue weighted by Crippen LogP contribution is 2.39. The van der Waals surface area contributed by atoms with Crippen LogP contribution in [0, 0.1) is 0 Å². The number of anilines is 1. The summed E-state index contributed by atoms with van der Waals surface area (Å²) in [6, 6.07) is 12.8. The van der Waals surface area contributed by atoms with Crippen LogP contribution in [0.4, 0.5) is 10.6 Å². The number of Topliss-reactive ketones (excluding diaryl/α,β-unsaturated/α-hetero) is 1. The van der Waals surface area contributed by atoms with Gasteiger partial charge < -0.3 is 14.8 Å². The molecule has 0 aliphatic heterocycles. The number of aromatic nitrogens is 5. The summed E-state index contributed by atoms with van der Waals surface area (Å²) < 4.78 is 14.0. The van der Waals surface area contributed by atoms with Crippen molar-refractivity contribution in [1.29, 1.82) is 0 Å². The molecular weight excluding hydrogens is 534 g/mol. The Balaban J connectivity index is 1.34. The van der Waals surface area contributed by atoms with Crippen LogP contribution in [0.1, 0.15) is 99.8 Å². The summed E-state index contributed by atoms with van der Waals surface area (Å²) in [6.45, 7) is 11.3. The van der Waals surface area contributed by atoms with Crippen molar-refractivity contribution in [2.45, 2.75) is 77.5 Å². The second kappa shape index (κ2) is 11.1. The molecule has 0 saturated heterocycles. The maximum atomic E-state index is 13.1. The highest BCUT2D eigenvalue weighted by atomic mass is 16.5. The molecule has 2 amide bonds. The summed E-state index contributed by atoms with van der Waals surface area (Å²) in [4.78, 5) is 33.8. The largest absolute Gasteiger partial charge is 0.484 e. The molecule has 0 bridgehead atoms. The lowest BCUT2D eigenvalue weighted by Gasteiger charge is -2.32. The molecule has 1 aromatic carbocycles. The van der Waals surface area contributed by atoms with Gasteiger partial charge in [-0.15, -0.1) is 10.2 Å². The first-order valence-corrected chi connectivity index (χ1v) is 14.0. The summed E-state index contributed by atoms with van der Waals surface area (Å²) in [5.74, 6) is 1.45. The quantitative estimate of drug-likeness (QED) is 0.271. The van der Waals surface area contributed by atoms with Crippen LogP contribution in [0.25, 0.3) is 5.65 Å². The number of carbonyl (C=O) groups is 2. The van der Waals surface area contributed by atoms with E-state index in [2.05, 4.69) is 30.8 Å². The van der Waals surface area contributed by atoms with Gasteiger partial charge in [0.1, 0.15) is 23.3 Å². The van der Waals surface area contributed by atoms with Gasteiger partial charge in [0.25, 0.3) is 0 Å². The van der Waals surface area contributed by atoms with Crippen LogP contribution in [0.5, 0.6) is 5.75 Å². The Morgan fingerprint density at radius 2 is 1.71 bits per heavy atom. The van der Waals surface area contributed by atoms with E-state index in [9.17, 15) is 9.59 Å². The Bertz CT molecular complexity index is 1640. The van der Waals surface area contributed by atoms with Crippen LogP contribution in [0.15, 0.2) is 48.7 Å². The van der Waals surface area contributed by atoms with Gasteiger partial charge in [-0.1, -0.05) is 45.0 Å². The van der Waals surface area contributed by atoms with Crippen molar-refractivity contribution in [3.05, 3.63) is 77.1 Å². The predicted molar refractivity (Wildman–Crippen MR) is 158 cm³/mol. The van der Waals surface area contributed by atoms with Gasteiger partial charge in [-0.2, -0.15) is 0 Å². The molecule has 0 saturated carbocycles. The third-order valence-corrected chi connectivity index (χ3v) is 7.49. The first kappa shape index (κ1) is 29.1. The van der Waals surface area contributed by atoms with Gasteiger partial charge in [-0.05, 0) is 49.9 Å². The normalized spacial score (nSPS) is 17.0. The number of hydrogen-bond donors (Lipinski definition) is 2. The van der Waals surface area contributed by atoms with Crippen LogP contribution in [0.3, 0.4) is 0 Å². The van der Waals surface area contributed by atoms with Crippen molar-refractivity contribution >= 4 is 23.3 Å². The Labute approximate surface area is 245 Å². The smallest absolute Gasteiger partial charge is 0.320 e. The number of fused-ring (bicyclic) bond motifs is 2. The molecule has 2 N–H and O–H groups in total. The SMILES string of the molecule is COC(C)(C)c1nnc2ccc(O[C@@H]3CC[C@H](NC(=O)Nc4cc(C(C)(C)C)nc(C(C)=O)n4)c4ccccc43)cn12. The average molecular weight is 572 g/mol. The van der Waals surface area contributed by atoms with Gasteiger partial charge in [0, 0.05) is 25.5 Å². The molecule has 1 aliphatic rings. The highest BCUT2D eigenvalue weighted by molar-refractivity contribution is 5.92. The van der Waals surface area contributed by atoms with Gasteiger partial charge in [-0.3, -0.25) is 14.5 Å².